The van der Waals surface area contributed by atoms with Crippen LogP contribution in [0.5, 0.6) is 0 Å². The van der Waals surface area contributed by atoms with Crippen LogP contribution in [-0.2, 0) is 21.4 Å². The van der Waals surface area contributed by atoms with Crippen molar-refractivity contribution in [2.75, 3.05) is 13.1 Å². The number of hydrogen-bond acceptors (Lipinski definition) is 6. The van der Waals surface area contributed by atoms with Crippen molar-refractivity contribution in [1.29, 1.82) is 0 Å². The van der Waals surface area contributed by atoms with E-state index in [0.29, 0.717) is 0 Å². The van der Waals surface area contributed by atoms with E-state index in [1.54, 1.807) is 0 Å². The van der Waals surface area contributed by atoms with Gasteiger partial charge in [-0.2, -0.15) is 9.40 Å². The Hall–Kier alpha value is -1.49. The summed E-state index contributed by atoms with van der Waals surface area (Å²) in [6.07, 6.45) is -0.0231. The van der Waals surface area contributed by atoms with Gasteiger partial charge in [-0.15, -0.1) is 0 Å². The van der Waals surface area contributed by atoms with Crippen molar-refractivity contribution in [3.05, 3.63) is 12.4 Å². The van der Waals surface area contributed by atoms with Crippen LogP contribution in [0.3, 0.4) is 0 Å². The summed E-state index contributed by atoms with van der Waals surface area (Å²) in [5.74, 6) is -1.00. The van der Waals surface area contributed by atoms with Crippen LogP contribution in [0.1, 0.15) is 6.42 Å². The molecule has 3 N–H and O–H groups in total. The molecule has 112 valence electrons. The van der Waals surface area contributed by atoms with Crippen molar-refractivity contribution >= 4 is 16.0 Å². The van der Waals surface area contributed by atoms with Crippen LogP contribution in [0.25, 0.3) is 0 Å². The van der Waals surface area contributed by atoms with E-state index in [0.717, 1.165) is 10.5 Å². The number of nitrogens with zero attached hydrogens (tertiary/aromatic N) is 3. The van der Waals surface area contributed by atoms with Gasteiger partial charge in [0.1, 0.15) is 4.90 Å². The summed E-state index contributed by atoms with van der Waals surface area (Å²) in [5.41, 5.74) is 0. The molecule has 1 aliphatic rings. The van der Waals surface area contributed by atoms with E-state index in [1.165, 1.54) is 10.9 Å². The quantitative estimate of drug-likeness (QED) is 0.577. The molecule has 1 aromatic rings. The summed E-state index contributed by atoms with van der Waals surface area (Å²) in [6.45, 7) is -0.288. The molecule has 1 aromatic heterocycles. The molecule has 0 bridgehead atoms. The molecule has 0 radical (unpaired) electrons. The van der Waals surface area contributed by atoms with Crippen LogP contribution >= 0.6 is 0 Å². The number of aliphatic hydroxyl groups excluding tert-OH is 2. The van der Waals surface area contributed by atoms with Crippen molar-refractivity contribution in [3.8, 4) is 0 Å². The maximum absolute atomic E-state index is 12.2. The van der Waals surface area contributed by atoms with Crippen molar-refractivity contribution in [1.82, 2.24) is 14.1 Å². The topological polar surface area (TPSA) is 133 Å². The molecule has 0 spiro atoms. The van der Waals surface area contributed by atoms with Gasteiger partial charge in [-0.3, -0.25) is 9.48 Å². The van der Waals surface area contributed by atoms with Crippen LogP contribution in [0, 0.1) is 0 Å². The second kappa shape index (κ2) is 5.48. The number of aromatic nitrogens is 2. The maximum atomic E-state index is 12.2. The molecule has 1 aliphatic heterocycles. The summed E-state index contributed by atoms with van der Waals surface area (Å²) in [5, 5.41) is 31.1. The second-order valence-corrected chi connectivity index (χ2v) is 6.48. The van der Waals surface area contributed by atoms with Crippen LogP contribution in [0.15, 0.2) is 17.3 Å². The van der Waals surface area contributed by atoms with Crippen LogP contribution in [0.2, 0.25) is 0 Å². The Morgan fingerprint density at radius 2 is 1.95 bits per heavy atom. The molecule has 2 unspecified atom stereocenters. The number of carboxylic acids is 1. The summed E-state index contributed by atoms with van der Waals surface area (Å²) in [7, 11) is -3.84. The lowest BCUT2D eigenvalue weighted by atomic mass is 10.3. The molecule has 10 heteroatoms. The highest BCUT2D eigenvalue weighted by atomic mass is 32.2. The molecule has 9 nitrogen and oxygen atoms in total. The summed E-state index contributed by atoms with van der Waals surface area (Å²) in [6, 6.07) is 0. The lowest BCUT2D eigenvalue weighted by molar-refractivity contribution is -0.137. The average molecular weight is 305 g/mol. The van der Waals surface area contributed by atoms with Crippen molar-refractivity contribution in [2.45, 2.75) is 30.1 Å². The third-order valence-corrected chi connectivity index (χ3v) is 4.81. The SMILES string of the molecule is O=C(O)CCn1cc(S(=O)(=O)N2CC(O)C(O)C2)cn1. The van der Waals surface area contributed by atoms with E-state index in [-0.39, 0.29) is 31.0 Å². The number of aryl methyl sites for hydroxylation is 1. The predicted molar refractivity (Wildman–Crippen MR) is 65.3 cm³/mol. The van der Waals surface area contributed by atoms with Gasteiger partial charge in [0.2, 0.25) is 10.0 Å². The first-order valence-electron chi connectivity index (χ1n) is 5.91. The van der Waals surface area contributed by atoms with Crippen LogP contribution in [0.4, 0.5) is 0 Å². The molecule has 0 amide bonds. The molecule has 0 aliphatic carbocycles. The van der Waals surface area contributed by atoms with Gasteiger partial charge in [0.15, 0.2) is 0 Å². The first kappa shape index (κ1) is 14.9. The molecule has 2 heterocycles. The zero-order chi connectivity index (χ0) is 14.9. The summed E-state index contributed by atoms with van der Waals surface area (Å²) >= 11 is 0. The number of carboxylic acid groups (broad SMARTS) is 1. The Balaban J connectivity index is 2.12. The maximum Gasteiger partial charge on any atom is 0.305 e. The van der Waals surface area contributed by atoms with Gasteiger partial charge in [-0.05, 0) is 0 Å². The average Bonchev–Trinajstić information content (AvgIpc) is 2.95. The molecule has 1 saturated heterocycles. The van der Waals surface area contributed by atoms with Gasteiger partial charge in [0, 0.05) is 19.3 Å². The number of aliphatic hydroxyl groups is 2. The lowest BCUT2D eigenvalue weighted by Crippen LogP contribution is -2.29. The largest absolute Gasteiger partial charge is 0.481 e. The minimum Gasteiger partial charge on any atom is -0.481 e. The van der Waals surface area contributed by atoms with Crippen molar-refractivity contribution in [2.24, 2.45) is 0 Å². The lowest BCUT2D eigenvalue weighted by Gasteiger charge is -2.13. The third kappa shape index (κ3) is 2.98. The number of β-amino-alcohol motifs (C(OH)–C–C–N with tert-alkyl or cyclic N) is 2. The first-order valence-corrected chi connectivity index (χ1v) is 7.35. The van der Waals surface area contributed by atoms with E-state index in [1.807, 2.05) is 0 Å². The summed E-state index contributed by atoms with van der Waals surface area (Å²) < 4.78 is 26.6. The highest BCUT2D eigenvalue weighted by molar-refractivity contribution is 7.89. The zero-order valence-corrected chi connectivity index (χ0v) is 11.3. The molecule has 2 rings (SSSR count). The molecular weight excluding hydrogens is 290 g/mol. The number of sulfonamides is 1. The monoisotopic (exact) mass is 305 g/mol. The fourth-order valence-electron chi connectivity index (χ4n) is 1.89. The molecule has 2 atom stereocenters. The van der Waals surface area contributed by atoms with E-state index < -0.39 is 28.2 Å². The highest BCUT2D eigenvalue weighted by Gasteiger charge is 2.38. The molecule has 1 fully saturated rings. The molecule has 20 heavy (non-hydrogen) atoms. The molecule has 0 aromatic carbocycles. The Bertz CT molecular complexity index is 588. The Labute approximate surface area is 115 Å². The predicted octanol–water partition coefficient (Wildman–Crippen LogP) is -1.92. The Kier molecular flexibility index (Phi) is 4.09. The fraction of sp³-hybridized carbons (Fsp3) is 0.600. The molecular formula is C10H15N3O6S. The Morgan fingerprint density at radius 3 is 2.50 bits per heavy atom. The normalized spacial score (nSPS) is 24.1. The zero-order valence-electron chi connectivity index (χ0n) is 10.5. The summed E-state index contributed by atoms with van der Waals surface area (Å²) in [4.78, 5) is 10.3. The molecule has 0 saturated carbocycles. The van der Waals surface area contributed by atoms with Crippen LogP contribution < -0.4 is 0 Å². The van der Waals surface area contributed by atoms with Gasteiger partial charge in [-0.25, -0.2) is 8.42 Å². The second-order valence-electron chi connectivity index (χ2n) is 4.54. The van der Waals surface area contributed by atoms with E-state index in [4.69, 9.17) is 5.11 Å². The number of aliphatic carboxylic acids is 1. The van der Waals surface area contributed by atoms with Gasteiger partial charge in [-0.1, -0.05) is 0 Å². The van der Waals surface area contributed by atoms with Gasteiger partial charge in [0.05, 0.1) is 31.4 Å². The first-order chi connectivity index (χ1) is 9.30. The van der Waals surface area contributed by atoms with Crippen molar-refractivity contribution < 1.29 is 28.5 Å². The van der Waals surface area contributed by atoms with E-state index in [2.05, 4.69) is 5.10 Å². The highest BCUT2D eigenvalue weighted by Crippen LogP contribution is 2.20. The minimum absolute atomic E-state index is 0.0656. The van der Waals surface area contributed by atoms with Gasteiger partial charge < -0.3 is 15.3 Å². The van der Waals surface area contributed by atoms with E-state index in [9.17, 15) is 23.4 Å². The van der Waals surface area contributed by atoms with E-state index >= 15 is 0 Å². The smallest absolute Gasteiger partial charge is 0.305 e. The third-order valence-electron chi connectivity index (χ3n) is 3.03. The standard InChI is InChI=1S/C10H15N3O6S/c14-8-5-13(6-9(8)15)20(18,19)7-3-11-12(4-7)2-1-10(16)17/h3-4,8-9,14-15H,1-2,5-6H2,(H,16,17). The van der Waals surface area contributed by atoms with Crippen molar-refractivity contribution in [3.63, 3.8) is 0 Å². The number of carbonyl (C=O) groups is 1. The van der Waals surface area contributed by atoms with Crippen LogP contribution in [-0.4, -0.2) is 69.1 Å². The Morgan fingerprint density at radius 1 is 1.35 bits per heavy atom. The minimum atomic E-state index is -3.84. The number of hydrogen-bond donors (Lipinski definition) is 3. The number of rotatable bonds is 5. The van der Waals surface area contributed by atoms with Gasteiger partial charge in [0.25, 0.3) is 0 Å². The fourth-order valence-corrected chi connectivity index (χ4v) is 3.32. The van der Waals surface area contributed by atoms with Gasteiger partial charge >= 0.3 is 5.97 Å².